The van der Waals surface area contributed by atoms with Gasteiger partial charge in [0.05, 0.1) is 17.4 Å². The average molecular weight is 215 g/mol. The van der Waals surface area contributed by atoms with E-state index in [9.17, 15) is 0 Å². The van der Waals surface area contributed by atoms with Gasteiger partial charge in [0.2, 0.25) is 0 Å². The van der Waals surface area contributed by atoms with Gasteiger partial charge in [0.15, 0.2) is 0 Å². The second kappa shape index (κ2) is 3.91. The molecule has 3 rings (SSSR count). The van der Waals surface area contributed by atoms with Crippen LogP contribution in [0.3, 0.4) is 0 Å². The molecule has 1 aromatic heterocycles. The predicted molar refractivity (Wildman–Crippen MR) is 65.4 cm³/mol. The number of para-hydroxylation sites is 2. The third kappa shape index (κ3) is 1.61. The van der Waals surface area contributed by atoms with Crippen LogP contribution in [-0.2, 0) is 0 Å². The first-order valence-corrected chi connectivity index (χ1v) is 5.97. The van der Waals surface area contributed by atoms with Crippen LogP contribution in [0.5, 0.6) is 0 Å². The van der Waals surface area contributed by atoms with Crippen molar-refractivity contribution in [1.82, 2.24) is 14.9 Å². The van der Waals surface area contributed by atoms with Gasteiger partial charge in [-0.3, -0.25) is 0 Å². The topological polar surface area (TPSA) is 29.9 Å². The van der Waals surface area contributed by atoms with Crippen LogP contribution >= 0.6 is 0 Å². The highest BCUT2D eigenvalue weighted by Crippen LogP contribution is 2.24. The molecule has 84 valence electrons. The van der Waals surface area contributed by atoms with Gasteiger partial charge in [0.1, 0.15) is 0 Å². The lowest BCUT2D eigenvalue weighted by atomic mass is 9.97. The molecule has 0 saturated carbocycles. The first-order valence-electron chi connectivity index (χ1n) is 5.97. The number of hydrogen-bond acceptors (Lipinski definition) is 2. The Bertz CT molecular complexity index is 489. The molecule has 0 aliphatic carbocycles. The number of hydrogen-bond donors (Lipinski definition) is 1. The van der Waals surface area contributed by atoms with Crippen molar-refractivity contribution in [2.45, 2.75) is 19.4 Å². The standard InChI is InChI=1S/C13H17N3/c1-10-6-11(8-14-7-10)16-9-15-12-4-2-3-5-13(12)16/h2-5,9-11,14H,6-8H2,1H3. The normalized spacial score (nSPS) is 26.1. The van der Waals surface area contributed by atoms with Crippen molar-refractivity contribution in [3.63, 3.8) is 0 Å². The molecule has 0 amide bonds. The molecule has 2 atom stereocenters. The summed E-state index contributed by atoms with van der Waals surface area (Å²) in [7, 11) is 0. The Hall–Kier alpha value is -1.35. The van der Waals surface area contributed by atoms with E-state index in [0.29, 0.717) is 6.04 Å². The molecule has 1 fully saturated rings. The van der Waals surface area contributed by atoms with Crippen LogP contribution in [0.25, 0.3) is 11.0 Å². The summed E-state index contributed by atoms with van der Waals surface area (Å²) in [6, 6.07) is 8.91. The van der Waals surface area contributed by atoms with Crippen LogP contribution in [-0.4, -0.2) is 22.6 Å². The Balaban J connectivity index is 1.99. The molecule has 0 bridgehead atoms. The monoisotopic (exact) mass is 215 g/mol. The van der Waals surface area contributed by atoms with E-state index in [-0.39, 0.29) is 0 Å². The quantitative estimate of drug-likeness (QED) is 0.790. The fourth-order valence-electron chi connectivity index (χ4n) is 2.61. The van der Waals surface area contributed by atoms with E-state index in [0.717, 1.165) is 24.5 Å². The van der Waals surface area contributed by atoms with Crippen molar-refractivity contribution >= 4 is 11.0 Å². The van der Waals surface area contributed by atoms with Gasteiger partial charge >= 0.3 is 0 Å². The Morgan fingerprint density at radius 3 is 3.06 bits per heavy atom. The number of rotatable bonds is 1. The molecule has 0 radical (unpaired) electrons. The van der Waals surface area contributed by atoms with Crippen LogP contribution in [0.15, 0.2) is 30.6 Å². The first kappa shape index (κ1) is 9.85. The minimum Gasteiger partial charge on any atom is -0.326 e. The van der Waals surface area contributed by atoms with Gasteiger partial charge in [-0.25, -0.2) is 4.98 Å². The summed E-state index contributed by atoms with van der Waals surface area (Å²) in [6.07, 6.45) is 3.22. The van der Waals surface area contributed by atoms with Crippen molar-refractivity contribution in [1.29, 1.82) is 0 Å². The molecule has 1 saturated heterocycles. The lowest BCUT2D eigenvalue weighted by Gasteiger charge is -2.29. The predicted octanol–water partition coefficient (Wildman–Crippen LogP) is 2.21. The molecule has 1 aromatic carbocycles. The number of fused-ring (bicyclic) bond motifs is 1. The van der Waals surface area contributed by atoms with Gasteiger partial charge in [-0.2, -0.15) is 0 Å². The van der Waals surface area contributed by atoms with Gasteiger partial charge < -0.3 is 9.88 Å². The fraction of sp³-hybridized carbons (Fsp3) is 0.462. The number of nitrogens with zero attached hydrogens (tertiary/aromatic N) is 2. The van der Waals surface area contributed by atoms with Gasteiger partial charge in [0.25, 0.3) is 0 Å². The zero-order valence-electron chi connectivity index (χ0n) is 9.56. The van der Waals surface area contributed by atoms with E-state index in [1.54, 1.807) is 0 Å². The van der Waals surface area contributed by atoms with E-state index >= 15 is 0 Å². The third-order valence-electron chi connectivity index (χ3n) is 3.42. The second-order valence-corrected chi connectivity index (χ2v) is 4.79. The maximum Gasteiger partial charge on any atom is 0.0961 e. The van der Waals surface area contributed by atoms with Gasteiger partial charge in [-0.15, -0.1) is 0 Å². The van der Waals surface area contributed by atoms with E-state index in [4.69, 9.17) is 0 Å². The van der Waals surface area contributed by atoms with Crippen LogP contribution in [0.1, 0.15) is 19.4 Å². The molecule has 3 nitrogen and oxygen atoms in total. The molecule has 0 spiro atoms. The highest BCUT2D eigenvalue weighted by Gasteiger charge is 2.20. The van der Waals surface area contributed by atoms with Crippen LogP contribution in [0, 0.1) is 5.92 Å². The van der Waals surface area contributed by atoms with Gasteiger partial charge in [0, 0.05) is 12.6 Å². The van der Waals surface area contributed by atoms with E-state index in [2.05, 4.69) is 40.0 Å². The molecule has 2 heterocycles. The van der Waals surface area contributed by atoms with Crippen LogP contribution in [0.2, 0.25) is 0 Å². The van der Waals surface area contributed by atoms with E-state index < -0.39 is 0 Å². The number of imidazole rings is 1. The van der Waals surface area contributed by atoms with Crippen molar-refractivity contribution in [2.24, 2.45) is 5.92 Å². The lowest BCUT2D eigenvalue weighted by molar-refractivity contribution is 0.306. The lowest BCUT2D eigenvalue weighted by Crippen LogP contribution is -2.36. The van der Waals surface area contributed by atoms with Crippen molar-refractivity contribution < 1.29 is 0 Å². The molecule has 1 aliphatic rings. The minimum atomic E-state index is 0.552. The third-order valence-corrected chi connectivity index (χ3v) is 3.42. The maximum absolute atomic E-state index is 4.45. The highest BCUT2D eigenvalue weighted by atomic mass is 15.1. The number of aromatic nitrogens is 2. The SMILES string of the molecule is CC1CNCC(n2cnc3ccccc32)C1. The van der Waals surface area contributed by atoms with E-state index in [1.807, 2.05) is 12.4 Å². The zero-order valence-corrected chi connectivity index (χ0v) is 9.56. The molecule has 1 N–H and O–H groups in total. The smallest absolute Gasteiger partial charge is 0.0961 e. The zero-order chi connectivity index (χ0) is 11.0. The first-order chi connectivity index (χ1) is 7.84. The molecular formula is C13H17N3. The molecule has 2 aromatic rings. The van der Waals surface area contributed by atoms with Crippen molar-refractivity contribution in [3.05, 3.63) is 30.6 Å². The van der Waals surface area contributed by atoms with Crippen molar-refractivity contribution in [2.75, 3.05) is 13.1 Å². The molecule has 16 heavy (non-hydrogen) atoms. The molecule has 2 unspecified atom stereocenters. The number of piperidine rings is 1. The van der Waals surface area contributed by atoms with Gasteiger partial charge in [-0.05, 0) is 31.0 Å². The summed E-state index contributed by atoms with van der Waals surface area (Å²) >= 11 is 0. The van der Waals surface area contributed by atoms with E-state index in [1.165, 1.54) is 11.9 Å². The summed E-state index contributed by atoms with van der Waals surface area (Å²) in [6.45, 7) is 4.51. The number of benzene rings is 1. The summed E-state index contributed by atoms with van der Waals surface area (Å²) in [5, 5.41) is 3.49. The van der Waals surface area contributed by atoms with Gasteiger partial charge in [-0.1, -0.05) is 19.1 Å². The Kier molecular flexibility index (Phi) is 2.40. The fourth-order valence-corrected chi connectivity index (χ4v) is 2.61. The Morgan fingerprint density at radius 1 is 1.31 bits per heavy atom. The molecular weight excluding hydrogens is 198 g/mol. The summed E-state index contributed by atoms with van der Waals surface area (Å²) in [5.74, 6) is 0.750. The number of nitrogens with one attached hydrogen (secondary N) is 1. The Morgan fingerprint density at radius 2 is 2.19 bits per heavy atom. The molecule has 3 heteroatoms. The highest BCUT2D eigenvalue weighted by molar-refractivity contribution is 5.75. The summed E-state index contributed by atoms with van der Waals surface area (Å²) < 4.78 is 2.32. The summed E-state index contributed by atoms with van der Waals surface area (Å²) in [4.78, 5) is 4.45. The van der Waals surface area contributed by atoms with Crippen molar-refractivity contribution in [3.8, 4) is 0 Å². The Labute approximate surface area is 95.5 Å². The second-order valence-electron chi connectivity index (χ2n) is 4.79. The van der Waals surface area contributed by atoms with Crippen LogP contribution < -0.4 is 5.32 Å². The maximum atomic E-state index is 4.45. The minimum absolute atomic E-state index is 0.552. The largest absolute Gasteiger partial charge is 0.326 e. The molecule has 1 aliphatic heterocycles. The van der Waals surface area contributed by atoms with Crippen LogP contribution in [0.4, 0.5) is 0 Å². The summed E-state index contributed by atoms with van der Waals surface area (Å²) in [5.41, 5.74) is 2.35. The average Bonchev–Trinajstić information content (AvgIpc) is 2.72.